The first-order valence-corrected chi connectivity index (χ1v) is 6.59. The lowest BCUT2D eigenvalue weighted by molar-refractivity contribution is 0.327. The molecule has 1 aromatic carbocycles. The Morgan fingerprint density at radius 3 is 2.68 bits per heavy atom. The molecule has 3 heteroatoms. The van der Waals surface area contributed by atoms with Crippen LogP contribution in [0.1, 0.15) is 17.0 Å². The molecular formula is C16H21N3. The smallest absolute Gasteiger partial charge is 0.0547 e. The number of nitrogens with zero attached hydrogens (tertiary/aromatic N) is 2. The minimum atomic E-state index is 0.834. The summed E-state index contributed by atoms with van der Waals surface area (Å²) in [6.07, 6.45) is 1.01. The second kappa shape index (κ2) is 6.34. The first-order valence-electron chi connectivity index (χ1n) is 6.59. The van der Waals surface area contributed by atoms with Crippen LogP contribution in [0.5, 0.6) is 0 Å². The zero-order chi connectivity index (χ0) is 13.7. The molecule has 0 radical (unpaired) electrons. The summed E-state index contributed by atoms with van der Waals surface area (Å²) < 4.78 is 0. The largest absolute Gasteiger partial charge is 0.399 e. The SMILES string of the molecule is Cc1cccc(CN(C)CCc2cccc(N)c2)n1. The standard InChI is InChI=1S/C16H21N3/c1-13-5-3-8-16(18-13)12-19(2)10-9-14-6-4-7-15(17)11-14/h3-8,11H,9-10,12,17H2,1-2H3. The molecular weight excluding hydrogens is 234 g/mol. The highest BCUT2D eigenvalue weighted by Gasteiger charge is 2.02. The Bertz CT molecular complexity index is 537. The van der Waals surface area contributed by atoms with Gasteiger partial charge in [-0.1, -0.05) is 18.2 Å². The molecule has 100 valence electrons. The lowest BCUT2D eigenvalue weighted by Crippen LogP contribution is -2.21. The summed E-state index contributed by atoms with van der Waals surface area (Å²) in [5.41, 5.74) is 10.1. The van der Waals surface area contributed by atoms with E-state index in [0.29, 0.717) is 0 Å². The molecule has 0 spiro atoms. The van der Waals surface area contributed by atoms with Gasteiger partial charge in [-0.3, -0.25) is 4.98 Å². The van der Waals surface area contributed by atoms with Gasteiger partial charge < -0.3 is 10.6 Å². The van der Waals surface area contributed by atoms with Gasteiger partial charge in [0.25, 0.3) is 0 Å². The van der Waals surface area contributed by atoms with E-state index in [9.17, 15) is 0 Å². The monoisotopic (exact) mass is 255 g/mol. The van der Waals surface area contributed by atoms with Gasteiger partial charge in [0.05, 0.1) is 5.69 Å². The van der Waals surface area contributed by atoms with E-state index < -0.39 is 0 Å². The van der Waals surface area contributed by atoms with Crippen molar-refractivity contribution in [1.82, 2.24) is 9.88 Å². The van der Waals surface area contributed by atoms with Gasteiger partial charge in [0.2, 0.25) is 0 Å². The zero-order valence-electron chi connectivity index (χ0n) is 11.6. The molecule has 1 aromatic heterocycles. The molecule has 0 aliphatic heterocycles. The van der Waals surface area contributed by atoms with Crippen LogP contribution in [0.2, 0.25) is 0 Å². The van der Waals surface area contributed by atoms with E-state index in [0.717, 1.165) is 36.6 Å². The lowest BCUT2D eigenvalue weighted by Gasteiger charge is -2.16. The number of pyridine rings is 1. The molecule has 2 rings (SSSR count). The van der Waals surface area contributed by atoms with Gasteiger partial charge in [-0.05, 0) is 50.2 Å². The maximum Gasteiger partial charge on any atom is 0.0547 e. The highest BCUT2D eigenvalue weighted by atomic mass is 15.1. The predicted molar refractivity (Wildman–Crippen MR) is 79.9 cm³/mol. The fourth-order valence-electron chi connectivity index (χ4n) is 2.11. The van der Waals surface area contributed by atoms with Gasteiger partial charge in [-0.25, -0.2) is 0 Å². The first-order chi connectivity index (χ1) is 9.13. The third kappa shape index (κ3) is 4.38. The predicted octanol–water partition coefficient (Wildman–Crippen LogP) is 2.65. The normalized spacial score (nSPS) is 10.9. The summed E-state index contributed by atoms with van der Waals surface area (Å²) >= 11 is 0. The topological polar surface area (TPSA) is 42.1 Å². The molecule has 3 nitrogen and oxygen atoms in total. The van der Waals surface area contributed by atoms with Crippen molar-refractivity contribution in [2.75, 3.05) is 19.3 Å². The van der Waals surface area contributed by atoms with Crippen LogP contribution in [-0.4, -0.2) is 23.5 Å². The Labute approximate surface area is 115 Å². The van der Waals surface area contributed by atoms with Crippen molar-refractivity contribution in [1.29, 1.82) is 0 Å². The van der Waals surface area contributed by atoms with Crippen molar-refractivity contribution in [3.05, 3.63) is 59.4 Å². The quantitative estimate of drug-likeness (QED) is 0.835. The van der Waals surface area contributed by atoms with Crippen LogP contribution >= 0.6 is 0 Å². The number of aromatic nitrogens is 1. The van der Waals surface area contributed by atoms with Gasteiger partial charge in [0.15, 0.2) is 0 Å². The van der Waals surface area contributed by atoms with Crippen molar-refractivity contribution in [3.63, 3.8) is 0 Å². The second-order valence-electron chi connectivity index (χ2n) is 5.00. The van der Waals surface area contributed by atoms with E-state index in [2.05, 4.69) is 35.1 Å². The zero-order valence-corrected chi connectivity index (χ0v) is 11.6. The summed E-state index contributed by atoms with van der Waals surface area (Å²) in [6, 6.07) is 14.2. The fourth-order valence-corrected chi connectivity index (χ4v) is 2.11. The maximum absolute atomic E-state index is 5.78. The van der Waals surface area contributed by atoms with Crippen LogP contribution in [0.3, 0.4) is 0 Å². The maximum atomic E-state index is 5.78. The number of aryl methyl sites for hydroxylation is 1. The molecule has 1 heterocycles. The van der Waals surface area contributed by atoms with E-state index in [1.807, 2.05) is 31.2 Å². The number of nitrogens with two attached hydrogens (primary N) is 1. The van der Waals surface area contributed by atoms with Gasteiger partial charge in [-0.2, -0.15) is 0 Å². The Hall–Kier alpha value is -1.87. The molecule has 0 unspecified atom stereocenters. The summed E-state index contributed by atoms with van der Waals surface area (Å²) in [6.45, 7) is 3.90. The first kappa shape index (κ1) is 13.6. The van der Waals surface area contributed by atoms with Crippen molar-refractivity contribution in [2.24, 2.45) is 0 Å². The van der Waals surface area contributed by atoms with Crippen LogP contribution < -0.4 is 5.73 Å². The van der Waals surface area contributed by atoms with Gasteiger partial charge >= 0.3 is 0 Å². The Morgan fingerprint density at radius 2 is 1.95 bits per heavy atom. The van der Waals surface area contributed by atoms with E-state index in [1.54, 1.807) is 0 Å². The van der Waals surface area contributed by atoms with Crippen LogP contribution in [0.15, 0.2) is 42.5 Å². The summed E-state index contributed by atoms with van der Waals surface area (Å²) in [5, 5.41) is 0. The molecule has 2 N–H and O–H groups in total. The Kier molecular flexibility index (Phi) is 4.53. The van der Waals surface area contributed by atoms with Gasteiger partial charge in [-0.15, -0.1) is 0 Å². The number of nitrogen functional groups attached to an aromatic ring is 1. The Morgan fingerprint density at radius 1 is 1.16 bits per heavy atom. The second-order valence-corrected chi connectivity index (χ2v) is 5.00. The van der Waals surface area contributed by atoms with Crippen LogP contribution in [0.4, 0.5) is 5.69 Å². The molecule has 0 amide bonds. The number of benzene rings is 1. The molecule has 0 atom stereocenters. The highest BCUT2D eigenvalue weighted by Crippen LogP contribution is 2.08. The minimum absolute atomic E-state index is 0.834. The number of likely N-dealkylation sites (N-methyl/N-ethyl adjacent to an activating group) is 1. The molecule has 19 heavy (non-hydrogen) atoms. The highest BCUT2D eigenvalue weighted by molar-refractivity contribution is 5.40. The Balaban J connectivity index is 1.86. The number of rotatable bonds is 5. The molecule has 2 aromatic rings. The average Bonchev–Trinajstić information content (AvgIpc) is 2.36. The van der Waals surface area contributed by atoms with E-state index >= 15 is 0 Å². The van der Waals surface area contributed by atoms with E-state index in [-0.39, 0.29) is 0 Å². The number of hydrogen-bond donors (Lipinski definition) is 1. The minimum Gasteiger partial charge on any atom is -0.399 e. The summed E-state index contributed by atoms with van der Waals surface area (Å²) in [5.74, 6) is 0. The summed E-state index contributed by atoms with van der Waals surface area (Å²) in [4.78, 5) is 6.80. The van der Waals surface area contributed by atoms with Crippen LogP contribution in [0.25, 0.3) is 0 Å². The van der Waals surface area contributed by atoms with Crippen molar-refractivity contribution in [2.45, 2.75) is 19.9 Å². The molecule has 0 bridgehead atoms. The molecule has 0 aliphatic carbocycles. The average molecular weight is 255 g/mol. The van der Waals surface area contributed by atoms with Crippen molar-refractivity contribution >= 4 is 5.69 Å². The fraction of sp³-hybridized carbons (Fsp3) is 0.312. The van der Waals surface area contributed by atoms with Crippen molar-refractivity contribution in [3.8, 4) is 0 Å². The van der Waals surface area contributed by atoms with Gasteiger partial charge in [0.1, 0.15) is 0 Å². The third-order valence-corrected chi connectivity index (χ3v) is 3.11. The third-order valence-electron chi connectivity index (χ3n) is 3.11. The molecule has 0 saturated carbocycles. The molecule has 0 fully saturated rings. The van der Waals surface area contributed by atoms with E-state index in [4.69, 9.17) is 5.73 Å². The molecule has 0 saturated heterocycles. The van der Waals surface area contributed by atoms with Crippen molar-refractivity contribution < 1.29 is 0 Å². The summed E-state index contributed by atoms with van der Waals surface area (Å²) in [7, 11) is 2.12. The lowest BCUT2D eigenvalue weighted by atomic mass is 10.1. The number of anilines is 1. The van der Waals surface area contributed by atoms with E-state index in [1.165, 1.54) is 5.56 Å². The molecule has 0 aliphatic rings. The van der Waals surface area contributed by atoms with Gasteiger partial charge in [0, 0.05) is 24.5 Å². The number of hydrogen-bond acceptors (Lipinski definition) is 3. The van der Waals surface area contributed by atoms with Crippen LogP contribution in [-0.2, 0) is 13.0 Å². The van der Waals surface area contributed by atoms with Crippen LogP contribution in [0, 0.1) is 6.92 Å².